The second-order valence-electron chi connectivity index (χ2n) is 7.06. The van der Waals surface area contributed by atoms with Crippen LogP contribution in [0, 0.1) is 17.0 Å². The molecule has 0 aromatic heterocycles. The van der Waals surface area contributed by atoms with Gasteiger partial charge in [0.1, 0.15) is 5.75 Å². The number of hydrogen-bond acceptors (Lipinski definition) is 6. The van der Waals surface area contributed by atoms with E-state index in [2.05, 4.69) is 10.0 Å². The molecule has 0 bridgehead atoms. The normalized spacial score (nSPS) is 11.0. The van der Waals surface area contributed by atoms with E-state index in [1.807, 2.05) is 6.07 Å². The molecule has 0 atom stereocenters. The standard InChI is InChI=1S/C22H21N3O6S/c1-15-5-10-20(14-21(15)25(28)29)32(30,31)24-18-8-6-17(7-9-18)22(27)23-12-11-16-3-2-4-19(26)13-16/h2-10,13-14,24,26H,11-12H2,1H3,(H,23,27). The van der Waals surface area contributed by atoms with Crippen molar-refractivity contribution in [2.45, 2.75) is 18.2 Å². The first-order chi connectivity index (χ1) is 15.2. The molecular weight excluding hydrogens is 434 g/mol. The first-order valence-electron chi connectivity index (χ1n) is 9.60. The fraction of sp³-hybridized carbons (Fsp3) is 0.136. The zero-order chi connectivity index (χ0) is 23.3. The van der Waals surface area contributed by atoms with Crippen molar-refractivity contribution < 1.29 is 23.2 Å². The van der Waals surface area contributed by atoms with Crippen LogP contribution in [0.2, 0.25) is 0 Å². The molecule has 0 aliphatic carbocycles. The number of carbonyl (C=O) groups excluding carboxylic acids is 1. The largest absolute Gasteiger partial charge is 0.508 e. The van der Waals surface area contributed by atoms with Crippen molar-refractivity contribution in [3.8, 4) is 5.75 Å². The van der Waals surface area contributed by atoms with Crippen molar-refractivity contribution in [3.05, 3.63) is 93.5 Å². The molecule has 0 aliphatic heterocycles. The highest BCUT2D eigenvalue weighted by Crippen LogP contribution is 2.24. The van der Waals surface area contributed by atoms with Gasteiger partial charge in [-0.15, -0.1) is 0 Å². The molecule has 0 heterocycles. The van der Waals surface area contributed by atoms with Gasteiger partial charge in [-0.1, -0.05) is 18.2 Å². The molecule has 0 saturated carbocycles. The van der Waals surface area contributed by atoms with Crippen LogP contribution in [0.15, 0.2) is 71.6 Å². The van der Waals surface area contributed by atoms with E-state index < -0.39 is 14.9 Å². The summed E-state index contributed by atoms with van der Waals surface area (Å²) in [6, 6.07) is 16.2. The summed E-state index contributed by atoms with van der Waals surface area (Å²) < 4.78 is 27.5. The van der Waals surface area contributed by atoms with Gasteiger partial charge in [-0.2, -0.15) is 0 Å². The van der Waals surface area contributed by atoms with Crippen molar-refractivity contribution in [3.63, 3.8) is 0 Å². The number of phenols is 1. The Bertz CT molecular complexity index is 1260. The Hall–Kier alpha value is -3.92. The van der Waals surface area contributed by atoms with Crippen molar-refractivity contribution in [2.75, 3.05) is 11.3 Å². The lowest BCUT2D eigenvalue weighted by Crippen LogP contribution is -2.25. The number of sulfonamides is 1. The fourth-order valence-corrected chi connectivity index (χ4v) is 4.07. The van der Waals surface area contributed by atoms with E-state index in [0.29, 0.717) is 24.1 Å². The first kappa shape index (κ1) is 22.8. The van der Waals surface area contributed by atoms with Crippen LogP contribution in [0.25, 0.3) is 0 Å². The van der Waals surface area contributed by atoms with Crippen LogP contribution in [0.5, 0.6) is 5.75 Å². The number of anilines is 1. The molecule has 0 spiro atoms. The number of nitrogens with one attached hydrogen (secondary N) is 2. The summed E-state index contributed by atoms with van der Waals surface area (Å²) in [5, 5.41) is 23.3. The SMILES string of the molecule is Cc1ccc(S(=O)(=O)Nc2ccc(C(=O)NCCc3cccc(O)c3)cc2)cc1[N+](=O)[O-]. The van der Waals surface area contributed by atoms with Crippen LogP contribution >= 0.6 is 0 Å². The number of nitro groups is 1. The van der Waals surface area contributed by atoms with Gasteiger partial charge >= 0.3 is 0 Å². The summed E-state index contributed by atoms with van der Waals surface area (Å²) in [4.78, 5) is 22.5. The van der Waals surface area contributed by atoms with Crippen molar-refractivity contribution in [1.29, 1.82) is 0 Å². The van der Waals surface area contributed by atoms with E-state index in [9.17, 15) is 28.4 Å². The molecule has 10 heteroatoms. The number of aryl methyl sites for hydroxylation is 1. The maximum atomic E-state index is 12.6. The Morgan fingerprint density at radius 1 is 1.06 bits per heavy atom. The number of aromatic hydroxyl groups is 1. The number of amides is 1. The molecule has 0 aliphatic rings. The van der Waals surface area contributed by atoms with E-state index >= 15 is 0 Å². The lowest BCUT2D eigenvalue weighted by atomic mass is 10.1. The maximum Gasteiger partial charge on any atom is 0.273 e. The maximum absolute atomic E-state index is 12.6. The number of phenolic OH excluding ortho intramolecular Hbond substituents is 1. The third-order valence-corrected chi connectivity index (χ3v) is 6.08. The number of benzene rings is 3. The summed E-state index contributed by atoms with van der Waals surface area (Å²) in [5.41, 5.74) is 1.50. The lowest BCUT2D eigenvalue weighted by molar-refractivity contribution is -0.385. The Labute approximate surface area is 184 Å². The quantitative estimate of drug-likeness (QED) is 0.352. The number of nitrogens with zero attached hydrogens (tertiary/aromatic N) is 1. The average molecular weight is 455 g/mol. The van der Waals surface area contributed by atoms with Crippen LogP contribution in [-0.4, -0.2) is 30.9 Å². The van der Waals surface area contributed by atoms with Crippen LogP contribution in [0.4, 0.5) is 11.4 Å². The molecule has 0 unspecified atom stereocenters. The van der Waals surface area contributed by atoms with Gasteiger partial charge in [-0.3, -0.25) is 19.6 Å². The minimum Gasteiger partial charge on any atom is -0.508 e. The lowest BCUT2D eigenvalue weighted by Gasteiger charge is -2.10. The summed E-state index contributed by atoms with van der Waals surface area (Å²) in [6.07, 6.45) is 0.542. The molecule has 0 fully saturated rings. The van der Waals surface area contributed by atoms with Crippen molar-refractivity contribution >= 4 is 27.3 Å². The zero-order valence-electron chi connectivity index (χ0n) is 17.1. The minimum atomic E-state index is -4.04. The van der Waals surface area contributed by atoms with Crippen LogP contribution in [-0.2, 0) is 16.4 Å². The highest BCUT2D eigenvalue weighted by molar-refractivity contribution is 7.92. The third kappa shape index (κ3) is 5.61. The Balaban J connectivity index is 1.63. The predicted octanol–water partition coefficient (Wildman–Crippen LogP) is 3.38. The van der Waals surface area contributed by atoms with Gasteiger partial charge in [-0.05, 0) is 61.4 Å². The average Bonchev–Trinajstić information content (AvgIpc) is 2.74. The molecule has 9 nitrogen and oxygen atoms in total. The van der Waals surface area contributed by atoms with Gasteiger partial charge in [0.2, 0.25) is 0 Å². The second-order valence-corrected chi connectivity index (χ2v) is 8.75. The molecule has 166 valence electrons. The van der Waals surface area contributed by atoms with Crippen molar-refractivity contribution in [1.82, 2.24) is 5.32 Å². The summed E-state index contributed by atoms with van der Waals surface area (Å²) in [7, 11) is -4.04. The zero-order valence-corrected chi connectivity index (χ0v) is 17.9. The Morgan fingerprint density at radius 2 is 1.78 bits per heavy atom. The Morgan fingerprint density at radius 3 is 2.44 bits per heavy atom. The molecule has 3 aromatic rings. The minimum absolute atomic E-state index is 0.159. The number of hydrogen-bond donors (Lipinski definition) is 3. The van der Waals surface area contributed by atoms with Gasteiger partial charge < -0.3 is 10.4 Å². The molecule has 1 amide bonds. The fourth-order valence-electron chi connectivity index (χ4n) is 2.99. The number of carbonyl (C=O) groups is 1. The Kier molecular flexibility index (Phi) is 6.74. The summed E-state index contributed by atoms with van der Waals surface area (Å²) in [5.74, 6) is -0.166. The first-order valence-corrected chi connectivity index (χ1v) is 11.1. The van der Waals surface area contributed by atoms with E-state index in [4.69, 9.17) is 0 Å². The van der Waals surface area contributed by atoms with E-state index in [1.165, 1.54) is 43.3 Å². The van der Waals surface area contributed by atoms with Crippen molar-refractivity contribution in [2.24, 2.45) is 0 Å². The van der Waals surface area contributed by atoms with E-state index in [0.717, 1.165) is 11.6 Å². The molecular formula is C22H21N3O6S. The highest BCUT2D eigenvalue weighted by atomic mass is 32.2. The molecule has 0 saturated heterocycles. The summed E-state index contributed by atoms with van der Waals surface area (Å²) in [6.45, 7) is 1.89. The number of nitro benzene ring substituents is 1. The van der Waals surface area contributed by atoms with E-state index in [1.54, 1.807) is 18.2 Å². The highest BCUT2D eigenvalue weighted by Gasteiger charge is 2.20. The molecule has 0 radical (unpaired) electrons. The van der Waals surface area contributed by atoms with Crippen LogP contribution < -0.4 is 10.0 Å². The third-order valence-electron chi connectivity index (χ3n) is 4.70. The number of rotatable bonds is 8. The molecule has 3 rings (SSSR count). The predicted molar refractivity (Wildman–Crippen MR) is 119 cm³/mol. The smallest absolute Gasteiger partial charge is 0.273 e. The van der Waals surface area contributed by atoms with Gasteiger partial charge in [0.15, 0.2) is 0 Å². The molecule has 3 N–H and O–H groups in total. The molecule has 32 heavy (non-hydrogen) atoms. The van der Waals surface area contributed by atoms with Gasteiger partial charge in [0.05, 0.1) is 9.82 Å². The summed E-state index contributed by atoms with van der Waals surface area (Å²) >= 11 is 0. The second kappa shape index (κ2) is 9.48. The monoisotopic (exact) mass is 455 g/mol. The molecule has 3 aromatic carbocycles. The van der Waals surface area contributed by atoms with E-state index in [-0.39, 0.29) is 27.9 Å². The van der Waals surface area contributed by atoms with Gasteiger partial charge in [0, 0.05) is 29.4 Å². The van der Waals surface area contributed by atoms with Gasteiger partial charge in [-0.25, -0.2) is 8.42 Å². The van der Waals surface area contributed by atoms with Crippen LogP contribution in [0.3, 0.4) is 0 Å². The van der Waals surface area contributed by atoms with Crippen LogP contribution in [0.1, 0.15) is 21.5 Å². The van der Waals surface area contributed by atoms with Gasteiger partial charge in [0.25, 0.3) is 21.6 Å². The topological polar surface area (TPSA) is 139 Å².